The lowest BCUT2D eigenvalue weighted by atomic mass is 10.1. The summed E-state index contributed by atoms with van der Waals surface area (Å²) in [5.41, 5.74) is 3.94. The van der Waals surface area contributed by atoms with Gasteiger partial charge in [0.1, 0.15) is 17.9 Å². The van der Waals surface area contributed by atoms with Crippen molar-refractivity contribution in [3.05, 3.63) is 129 Å². The maximum Gasteiger partial charge on any atom is 0.282 e. The number of aryl methyl sites for hydroxylation is 1. The van der Waals surface area contributed by atoms with Crippen LogP contribution in [0.3, 0.4) is 0 Å². The zero-order chi connectivity index (χ0) is 26.1. The van der Waals surface area contributed by atoms with Gasteiger partial charge in [-0.05, 0) is 55.0 Å². The molecule has 0 aliphatic carbocycles. The molecule has 0 atom stereocenters. The summed E-state index contributed by atoms with van der Waals surface area (Å²) < 4.78 is 14.4. The van der Waals surface area contributed by atoms with Crippen molar-refractivity contribution in [2.24, 2.45) is 5.10 Å². The van der Waals surface area contributed by atoms with Crippen molar-refractivity contribution < 1.29 is 9.15 Å². The van der Waals surface area contributed by atoms with E-state index in [4.69, 9.17) is 14.1 Å². The van der Waals surface area contributed by atoms with Gasteiger partial charge in [0.25, 0.3) is 5.56 Å². The Balaban J connectivity index is 1.44. The van der Waals surface area contributed by atoms with Crippen molar-refractivity contribution in [1.29, 1.82) is 0 Å². The van der Waals surface area contributed by atoms with Gasteiger partial charge in [-0.15, -0.1) is 0 Å². The van der Waals surface area contributed by atoms with E-state index in [1.165, 1.54) is 10.2 Å². The first-order valence-corrected chi connectivity index (χ1v) is 12.9. The van der Waals surface area contributed by atoms with Crippen LogP contribution in [-0.4, -0.2) is 15.9 Å². The van der Waals surface area contributed by atoms with Gasteiger partial charge in [0.05, 0.1) is 17.1 Å². The predicted molar refractivity (Wildman–Crippen MR) is 154 cm³/mol. The van der Waals surface area contributed by atoms with E-state index in [1.54, 1.807) is 12.3 Å². The molecule has 0 bridgehead atoms. The fraction of sp³-hybridized carbons (Fsp3) is 0.0645. The third kappa shape index (κ3) is 4.76. The number of furan rings is 1. The topological polar surface area (TPSA) is 69.6 Å². The molecule has 0 N–H and O–H groups in total. The molecule has 0 radical (unpaired) electrons. The van der Waals surface area contributed by atoms with Crippen LogP contribution in [0.2, 0.25) is 0 Å². The first-order chi connectivity index (χ1) is 18.5. The van der Waals surface area contributed by atoms with Crippen LogP contribution in [0.15, 0.2) is 116 Å². The number of aromatic nitrogens is 2. The van der Waals surface area contributed by atoms with Gasteiger partial charge < -0.3 is 9.15 Å². The Morgan fingerprint density at radius 1 is 0.974 bits per heavy atom. The van der Waals surface area contributed by atoms with Crippen molar-refractivity contribution in [3.63, 3.8) is 0 Å². The Hall–Kier alpha value is -4.49. The molecule has 0 amide bonds. The Labute approximate surface area is 227 Å². The minimum Gasteiger partial charge on any atom is -0.488 e. The Morgan fingerprint density at radius 2 is 1.82 bits per heavy atom. The summed E-state index contributed by atoms with van der Waals surface area (Å²) in [5, 5.41) is 5.98. The Morgan fingerprint density at radius 3 is 2.68 bits per heavy atom. The van der Waals surface area contributed by atoms with E-state index in [-0.39, 0.29) is 5.56 Å². The SMILES string of the molecule is Cc1cccc(COc2ccc(Br)cc2C=Nn2c(-c3cc4ccccc4o3)nc3ccccc3c2=O)c1. The van der Waals surface area contributed by atoms with Crippen molar-refractivity contribution in [2.45, 2.75) is 13.5 Å². The molecule has 4 aromatic carbocycles. The van der Waals surface area contributed by atoms with Gasteiger partial charge >= 0.3 is 0 Å². The zero-order valence-corrected chi connectivity index (χ0v) is 22.1. The van der Waals surface area contributed by atoms with Crippen LogP contribution in [0.4, 0.5) is 0 Å². The van der Waals surface area contributed by atoms with Crippen molar-refractivity contribution in [2.75, 3.05) is 0 Å². The van der Waals surface area contributed by atoms with Gasteiger partial charge in [0.15, 0.2) is 5.76 Å². The smallest absolute Gasteiger partial charge is 0.282 e. The third-order valence-electron chi connectivity index (χ3n) is 6.16. The summed E-state index contributed by atoms with van der Waals surface area (Å²) >= 11 is 3.53. The number of fused-ring (bicyclic) bond motifs is 2. The molecule has 0 saturated carbocycles. The maximum absolute atomic E-state index is 13.6. The second kappa shape index (κ2) is 10.1. The molecule has 2 heterocycles. The van der Waals surface area contributed by atoms with E-state index >= 15 is 0 Å². The summed E-state index contributed by atoms with van der Waals surface area (Å²) in [6.07, 6.45) is 1.61. The van der Waals surface area contributed by atoms with Gasteiger partial charge in [-0.2, -0.15) is 9.78 Å². The molecule has 0 aliphatic heterocycles. The summed E-state index contributed by atoms with van der Waals surface area (Å²) in [6.45, 7) is 2.46. The summed E-state index contributed by atoms with van der Waals surface area (Å²) in [7, 11) is 0. The second-order valence-electron chi connectivity index (χ2n) is 8.92. The minimum absolute atomic E-state index is 0.292. The van der Waals surface area contributed by atoms with Gasteiger partial charge in [0.2, 0.25) is 5.82 Å². The highest BCUT2D eigenvalue weighted by molar-refractivity contribution is 9.10. The highest BCUT2D eigenvalue weighted by atomic mass is 79.9. The molecule has 0 spiro atoms. The van der Waals surface area contributed by atoms with E-state index in [1.807, 2.05) is 78.9 Å². The molecule has 6 aromatic rings. The van der Waals surface area contributed by atoms with Crippen LogP contribution >= 0.6 is 15.9 Å². The van der Waals surface area contributed by atoms with Crippen LogP contribution in [0.5, 0.6) is 5.75 Å². The molecule has 0 saturated heterocycles. The number of halogens is 1. The fourth-order valence-corrected chi connectivity index (χ4v) is 4.70. The normalized spacial score (nSPS) is 11.5. The quantitative estimate of drug-likeness (QED) is 0.199. The first kappa shape index (κ1) is 23.9. The molecule has 2 aromatic heterocycles. The van der Waals surface area contributed by atoms with Gasteiger partial charge in [0, 0.05) is 15.4 Å². The highest BCUT2D eigenvalue weighted by Gasteiger charge is 2.16. The summed E-state index contributed by atoms with van der Waals surface area (Å²) in [4.78, 5) is 18.3. The minimum atomic E-state index is -0.292. The molecule has 6 nitrogen and oxygen atoms in total. The zero-order valence-electron chi connectivity index (χ0n) is 20.5. The molecular weight excluding hydrogens is 542 g/mol. The third-order valence-corrected chi connectivity index (χ3v) is 6.65. The lowest BCUT2D eigenvalue weighted by molar-refractivity contribution is 0.305. The van der Waals surface area contributed by atoms with E-state index in [9.17, 15) is 4.79 Å². The molecule has 7 heteroatoms. The van der Waals surface area contributed by atoms with Crippen molar-refractivity contribution >= 4 is 44.0 Å². The van der Waals surface area contributed by atoms with E-state index < -0.39 is 0 Å². The van der Waals surface area contributed by atoms with Crippen LogP contribution in [0.25, 0.3) is 33.5 Å². The number of ether oxygens (including phenoxy) is 1. The lowest BCUT2D eigenvalue weighted by Gasteiger charge is -2.11. The van der Waals surface area contributed by atoms with Crippen LogP contribution in [0, 0.1) is 6.92 Å². The fourth-order valence-electron chi connectivity index (χ4n) is 4.32. The van der Waals surface area contributed by atoms with E-state index in [0.717, 1.165) is 15.4 Å². The summed E-state index contributed by atoms with van der Waals surface area (Å²) in [5.74, 6) is 1.42. The van der Waals surface area contributed by atoms with Gasteiger partial charge in [-0.1, -0.05) is 76.1 Å². The number of benzene rings is 4. The largest absolute Gasteiger partial charge is 0.488 e. The van der Waals surface area contributed by atoms with Crippen LogP contribution in [-0.2, 0) is 6.61 Å². The Kier molecular flexibility index (Phi) is 6.35. The molecule has 0 fully saturated rings. The highest BCUT2D eigenvalue weighted by Crippen LogP contribution is 2.28. The average molecular weight is 564 g/mol. The van der Waals surface area contributed by atoms with Crippen molar-refractivity contribution in [1.82, 2.24) is 9.66 Å². The first-order valence-electron chi connectivity index (χ1n) is 12.1. The molecule has 0 unspecified atom stereocenters. The van der Waals surface area contributed by atoms with Gasteiger partial charge in [-0.25, -0.2) is 4.98 Å². The van der Waals surface area contributed by atoms with Crippen LogP contribution < -0.4 is 10.3 Å². The van der Waals surface area contributed by atoms with E-state index in [0.29, 0.717) is 46.0 Å². The molecular formula is C31H22BrN3O3. The van der Waals surface area contributed by atoms with Crippen molar-refractivity contribution in [3.8, 4) is 17.3 Å². The number of para-hydroxylation sites is 2. The summed E-state index contributed by atoms with van der Waals surface area (Å²) in [6, 6.07) is 30.6. The van der Waals surface area contributed by atoms with Gasteiger partial charge in [-0.3, -0.25) is 4.79 Å². The molecule has 6 rings (SSSR count). The maximum atomic E-state index is 13.6. The molecule has 38 heavy (non-hydrogen) atoms. The monoisotopic (exact) mass is 563 g/mol. The number of hydrogen-bond acceptors (Lipinski definition) is 5. The van der Waals surface area contributed by atoms with E-state index in [2.05, 4.69) is 40.1 Å². The number of nitrogens with zero attached hydrogens (tertiary/aromatic N) is 3. The number of hydrogen-bond donors (Lipinski definition) is 0. The number of rotatable bonds is 6. The second-order valence-corrected chi connectivity index (χ2v) is 9.84. The predicted octanol–water partition coefficient (Wildman–Crippen LogP) is 7.34. The average Bonchev–Trinajstić information content (AvgIpc) is 3.36. The van der Waals surface area contributed by atoms with Crippen LogP contribution in [0.1, 0.15) is 16.7 Å². The molecule has 186 valence electrons. The Bertz CT molecular complexity index is 1850. The lowest BCUT2D eigenvalue weighted by Crippen LogP contribution is -2.20. The molecule has 0 aliphatic rings. The standard InChI is InChI=1S/C31H22BrN3O3/c1-20-7-6-8-21(15-20)19-37-27-14-13-24(32)16-23(27)18-33-35-30(29-17-22-9-2-5-12-28(22)38-29)34-26-11-4-3-10-25(26)31(35)36/h2-18H,19H2,1H3.